The van der Waals surface area contributed by atoms with Crippen molar-refractivity contribution in [3.8, 4) is 5.75 Å². The Morgan fingerprint density at radius 2 is 2.10 bits per heavy atom. The van der Waals surface area contributed by atoms with Crippen LogP contribution >= 0.6 is 0 Å². The van der Waals surface area contributed by atoms with E-state index in [0.717, 1.165) is 0 Å². The number of aliphatic hydroxyl groups excluding tert-OH is 1. The number of benzene rings is 1. The largest absolute Gasteiger partial charge is 0.494 e. The molecule has 0 aliphatic carbocycles. The van der Waals surface area contributed by atoms with Crippen LogP contribution in [0.3, 0.4) is 0 Å². The highest BCUT2D eigenvalue weighted by Crippen LogP contribution is 2.29. The standard InChI is InChI=1S/C20H26N2O7/c1-6-10-27-19(25)21-12(11-15(23)29-20(2,3)4)17(24)18-22-16-13(26-5)8-7-9-14(16)28-18/h6-9,12,17,24H,1,10-11H2,2-5H3,(H,21,25). The van der Waals surface area contributed by atoms with Gasteiger partial charge in [-0.15, -0.1) is 0 Å². The first-order valence-corrected chi connectivity index (χ1v) is 9.02. The molecule has 0 bridgehead atoms. The minimum Gasteiger partial charge on any atom is -0.494 e. The number of fused-ring (bicyclic) bond motifs is 1. The first kappa shape index (κ1) is 22.2. The average Bonchev–Trinajstić information content (AvgIpc) is 3.07. The summed E-state index contributed by atoms with van der Waals surface area (Å²) in [7, 11) is 1.49. The molecule has 0 saturated heterocycles. The van der Waals surface area contributed by atoms with E-state index in [1.54, 1.807) is 39.0 Å². The highest BCUT2D eigenvalue weighted by molar-refractivity contribution is 5.80. The Bertz CT molecular complexity index is 869. The van der Waals surface area contributed by atoms with Crippen molar-refractivity contribution in [2.75, 3.05) is 13.7 Å². The summed E-state index contributed by atoms with van der Waals surface area (Å²) in [5.41, 5.74) is 0.0823. The summed E-state index contributed by atoms with van der Waals surface area (Å²) in [5.74, 6) is -0.229. The van der Waals surface area contributed by atoms with E-state index in [2.05, 4.69) is 16.9 Å². The van der Waals surface area contributed by atoms with Crippen LogP contribution in [0.5, 0.6) is 5.75 Å². The molecule has 2 N–H and O–H groups in total. The van der Waals surface area contributed by atoms with Gasteiger partial charge in [-0.05, 0) is 32.9 Å². The number of hydrogen-bond acceptors (Lipinski definition) is 8. The predicted molar refractivity (Wildman–Crippen MR) is 104 cm³/mol. The lowest BCUT2D eigenvalue weighted by molar-refractivity contribution is -0.156. The second kappa shape index (κ2) is 9.42. The zero-order valence-electron chi connectivity index (χ0n) is 16.9. The SMILES string of the molecule is C=CCOC(=O)NC(CC(=O)OC(C)(C)C)C(O)c1nc2c(OC)cccc2o1. The Balaban J connectivity index is 2.27. The van der Waals surface area contributed by atoms with Crippen molar-refractivity contribution in [1.82, 2.24) is 10.3 Å². The van der Waals surface area contributed by atoms with E-state index in [1.807, 2.05) is 0 Å². The second-order valence-electron chi connectivity index (χ2n) is 7.23. The first-order chi connectivity index (χ1) is 13.6. The summed E-state index contributed by atoms with van der Waals surface area (Å²) in [6.07, 6.45) is -1.19. The number of hydrogen-bond donors (Lipinski definition) is 2. The number of para-hydroxylation sites is 1. The fourth-order valence-electron chi connectivity index (χ4n) is 2.54. The normalized spacial score (nSPS) is 13.4. The Hall–Kier alpha value is -3.07. The molecule has 2 rings (SSSR count). The summed E-state index contributed by atoms with van der Waals surface area (Å²) in [6.45, 7) is 8.58. The minimum absolute atomic E-state index is 0.0266. The molecule has 1 amide bonds. The number of aromatic nitrogens is 1. The molecule has 9 heteroatoms. The third-order valence-corrected chi connectivity index (χ3v) is 3.69. The molecule has 2 aromatic rings. The van der Waals surface area contributed by atoms with Gasteiger partial charge < -0.3 is 29.1 Å². The molecule has 0 saturated carbocycles. The molecule has 1 aromatic carbocycles. The summed E-state index contributed by atoms with van der Waals surface area (Å²) in [4.78, 5) is 28.5. The lowest BCUT2D eigenvalue weighted by Gasteiger charge is -2.24. The molecule has 2 unspecified atom stereocenters. The van der Waals surface area contributed by atoms with Gasteiger partial charge in [0, 0.05) is 0 Å². The number of rotatable bonds is 8. The minimum atomic E-state index is -1.43. The number of esters is 1. The molecule has 0 radical (unpaired) electrons. The van der Waals surface area contributed by atoms with Gasteiger partial charge in [0.15, 0.2) is 17.2 Å². The topological polar surface area (TPSA) is 120 Å². The quantitative estimate of drug-likeness (QED) is 0.507. The number of nitrogens with one attached hydrogen (secondary N) is 1. The molecule has 0 aliphatic rings. The van der Waals surface area contributed by atoms with Gasteiger partial charge in [-0.3, -0.25) is 4.79 Å². The van der Waals surface area contributed by atoms with Gasteiger partial charge in [0.2, 0.25) is 5.89 Å². The van der Waals surface area contributed by atoms with Crippen molar-refractivity contribution < 1.29 is 33.3 Å². The second-order valence-corrected chi connectivity index (χ2v) is 7.23. The van der Waals surface area contributed by atoms with Crippen molar-refractivity contribution in [3.05, 3.63) is 36.7 Å². The Kier molecular flexibility index (Phi) is 7.22. The van der Waals surface area contributed by atoms with E-state index in [1.165, 1.54) is 13.2 Å². The fraction of sp³-hybridized carbons (Fsp3) is 0.450. The number of ether oxygens (including phenoxy) is 3. The highest BCUT2D eigenvalue weighted by atomic mass is 16.6. The van der Waals surface area contributed by atoms with Crippen LogP contribution in [0.25, 0.3) is 11.1 Å². The monoisotopic (exact) mass is 406 g/mol. The summed E-state index contributed by atoms with van der Waals surface area (Å²) >= 11 is 0. The van der Waals surface area contributed by atoms with E-state index in [-0.39, 0.29) is 18.9 Å². The molecule has 0 spiro atoms. The Morgan fingerprint density at radius 3 is 2.72 bits per heavy atom. The van der Waals surface area contributed by atoms with Crippen LogP contribution in [0, 0.1) is 0 Å². The van der Waals surface area contributed by atoms with Gasteiger partial charge >= 0.3 is 12.1 Å². The van der Waals surface area contributed by atoms with E-state index < -0.39 is 29.8 Å². The third kappa shape index (κ3) is 6.21. The number of nitrogens with zero attached hydrogens (tertiary/aromatic N) is 1. The number of methoxy groups -OCH3 is 1. The molecule has 29 heavy (non-hydrogen) atoms. The number of oxazole rings is 1. The number of carbonyl (C=O) groups is 2. The van der Waals surface area contributed by atoms with E-state index in [4.69, 9.17) is 18.6 Å². The van der Waals surface area contributed by atoms with Crippen LogP contribution in [-0.2, 0) is 14.3 Å². The zero-order chi connectivity index (χ0) is 21.6. The molecule has 158 valence electrons. The van der Waals surface area contributed by atoms with Crippen LogP contribution in [0.2, 0.25) is 0 Å². The van der Waals surface area contributed by atoms with Crippen molar-refractivity contribution in [2.45, 2.75) is 44.9 Å². The van der Waals surface area contributed by atoms with Gasteiger partial charge in [-0.25, -0.2) is 9.78 Å². The van der Waals surface area contributed by atoms with Crippen LogP contribution in [0.15, 0.2) is 35.3 Å². The van der Waals surface area contributed by atoms with Gasteiger partial charge in [0.05, 0.1) is 19.6 Å². The molecule has 0 fully saturated rings. The van der Waals surface area contributed by atoms with Crippen LogP contribution in [0.4, 0.5) is 4.79 Å². The van der Waals surface area contributed by atoms with Gasteiger partial charge in [-0.1, -0.05) is 18.7 Å². The van der Waals surface area contributed by atoms with E-state index >= 15 is 0 Å². The molecule has 1 aromatic heterocycles. The molecule has 0 aliphatic heterocycles. The third-order valence-electron chi connectivity index (χ3n) is 3.69. The molecular weight excluding hydrogens is 380 g/mol. The maximum atomic E-state index is 12.3. The van der Waals surface area contributed by atoms with Crippen molar-refractivity contribution in [3.63, 3.8) is 0 Å². The number of alkyl carbamates (subject to hydrolysis) is 1. The molecule has 2 atom stereocenters. The van der Waals surface area contributed by atoms with Gasteiger partial charge in [0.25, 0.3) is 0 Å². The average molecular weight is 406 g/mol. The number of carbonyl (C=O) groups excluding carboxylic acids is 2. The maximum Gasteiger partial charge on any atom is 0.407 e. The smallest absolute Gasteiger partial charge is 0.407 e. The van der Waals surface area contributed by atoms with Crippen molar-refractivity contribution in [1.29, 1.82) is 0 Å². The van der Waals surface area contributed by atoms with Crippen molar-refractivity contribution in [2.24, 2.45) is 0 Å². The van der Waals surface area contributed by atoms with E-state index in [0.29, 0.717) is 16.8 Å². The van der Waals surface area contributed by atoms with Crippen LogP contribution < -0.4 is 10.1 Å². The predicted octanol–water partition coefficient (Wildman–Crippen LogP) is 2.88. The van der Waals surface area contributed by atoms with Gasteiger partial charge in [-0.2, -0.15) is 0 Å². The summed E-state index contributed by atoms with van der Waals surface area (Å²) < 4.78 is 21.0. The Labute approximate surface area is 168 Å². The first-order valence-electron chi connectivity index (χ1n) is 9.02. The maximum absolute atomic E-state index is 12.3. The van der Waals surface area contributed by atoms with Crippen molar-refractivity contribution >= 4 is 23.2 Å². The van der Waals surface area contributed by atoms with Crippen LogP contribution in [-0.4, -0.2) is 47.5 Å². The fourth-order valence-corrected chi connectivity index (χ4v) is 2.54. The number of amides is 1. The molecule has 9 nitrogen and oxygen atoms in total. The highest BCUT2D eigenvalue weighted by Gasteiger charge is 2.32. The molecule has 1 heterocycles. The van der Waals surface area contributed by atoms with Gasteiger partial charge in [0.1, 0.15) is 18.0 Å². The summed E-state index contributed by atoms with van der Waals surface area (Å²) in [5, 5.41) is 13.2. The van der Waals surface area contributed by atoms with Crippen LogP contribution in [0.1, 0.15) is 39.2 Å². The zero-order valence-corrected chi connectivity index (χ0v) is 16.9. The lowest BCUT2D eigenvalue weighted by Crippen LogP contribution is -2.42. The molecular formula is C20H26N2O7. The lowest BCUT2D eigenvalue weighted by atomic mass is 10.1. The van der Waals surface area contributed by atoms with E-state index in [9.17, 15) is 14.7 Å². The number of aliphatic hydroxyl groups is 1. The Morgan fingerprint density at radius 1 is 1.38 bits per heavy atom. The summed E-state index contributed by atoms with van der Waals surface area (Å²) in [6, 6.07) is 3.98.